The third kappa shape index (κ3) is 3.76. The fourth-order valence-corrected chi connectivity index (χ4v) is 2.61. The molecule has 0 bridgehead atoms. The second-order valence-corrected chi connectivity index (χ2v) is 9.56. The molecule has 0 spiro atoms. The monoisotopic (exact) mass is 255 g/mol. The molecule has 1 heterocycles. The molecule has 0 aromatic rings. The molecule has 1 aliphatic heterocycles. The van der Waals surface area contributed by atoms with Gasteiger partial charge in [-0.1, -0.05) is 18.2 Å². The van der Waals surface area contributed by atoms with Crippen LogP contribution in [0.25, 0.3) is 0 Å². The summed E-state index contributed by atoms with van der Waals surface area (Å²) in [5.41, 5.74) is -1.95. The van der Waals surface area contributed by atoms with E-state index in [2.05, 4.69) is 16.9 Å². The van der Waals surface area contributed by atoms with E-state index in [0.29, 0.717) is 0 Å². The van der Waals surface area contributed by atoms with Gasteiger partial charge in [0.1, 0.15) is 0 Å². The minimum Gasteiger partial charge on any atom is -0.298 e. The minimum absolute atomic E-state index is 0.765. The molecule has 0 aromatic carbocycles. The van der Waals surface area contributed by atoms with Crippen molar-refractivity contribution in [2.75, 3.05) is 33.7 Å². The van der Waals surface area contributed by atoms with Gasteiger partial charge in [0.15, 0.2) is 5.69 Å². The Balaban J connectivity index is 2.13. The zero-order chi connectivity index (χ0) is 10.8. The Hall–Kier alpha value is 0.820. The van der Waals surface area contributed by atoms with Gasteiger partial charge in [0, 0.05) is 19.1 Å². The summed E-state index contributed by atoms with van der Waals surface area (Å²) in [4.78, 5) is 2.44. The van der Waals surface area contributed by atoms with Crippen LogP contribution >= 0.6 is 16.9 Å². The Kier molecular flexibility index (Phi) is 4.82. The fraction of sp³-hybridized carbons (Fsp3) is 1.00. The quantitative estimate of drug-likeness (QED) is 0.575. The van der Waals surface area contributed by atoms with Gasteiger partial charge in [-0.2, -0.15) is 0 Å². The Morgan fingerprint density at radius 3 is 2.71 bits per heavy atom. The lowest BCUT2D eigenvalue weighted by atomic mass is 10.3. The molecule has 3 unspecified atom stereocenters. The zero-order valence-corrected chi connectivity index (χ0v) is 11.5. The molecule has 1 rings (SSSR count). The van der Waals surface area contributed by atoms with Crippen molar-refractivity contribution >= 4 is 28.7 Å². The van der Waals surface area contributed by atoms with Crippen LogP contribution in [0, 0.1) is 0 Å². The van der Waals surface area contributed by atoms with Crippen LogP contribution in [0.4, 0.5) is 0 Å². The zero-order valence-electron chi connectivity index (χ0n) is 9.03. The maximum absolute atomic E-state index is 6.17. The summed E-state index contributed by atoms with van der Waals surface area (Å²) in [5, 5.41) is 3.27. The molecule has 0 radical (unpaired) electrons. The van der Waals surface area contributed by atoms with Crippen molar-refractivity contribution in [3.63, 3.8) is 0 Å². The maximum Gasteiger partial charge on any atom is 0.161 e. The minimum atomic E-state index is -1.95. The number of hydrogen-bond donors (Lipinski definition) is 1. The summed E-state index contributed by atoms with van der Waals surface area (Å²) in [6.45, 7) is 5.53. The lowest BCUT2D eigenvalue weighted by Gasteiger charge is -2.22. The van der Waals surface area contributed by atoms with Crippen molar-refractivity contribution in [2.45, 2.75) is 19.4 Å². The molecule has 3 atom stereocenters. The second-order valence-electron chi connectivity index (χ2n) is 3.79. The molecule has 6 heteroatoms. The third-order valence-corrected chi connectivity index (χ3v) is 6.81. The van der Waals surface area contributed by atoms with Gasteiger partial charge in [0.25, 0.3) is 0 Å². The number of likely N-dealkylation sites (N-methyl/N-ethyl adjacent to an activating group) is 1. The predicted octanol–water partition coefficient (Wildman–Crippen LogP) is 1.70. The van der Waals surface area contributed by atoms with Crippen molar-refractivity contribution in [3.8, 4) is 0 Å². The van der Waals surface area contributed by atoms with Gasteiger partial charge in [0.05, 0.1) is 0 Å². The van der Waals surface area contributed by atoms with Crippen LogP contribution in [-0.2, 0) is 11.8 Å². The first kappa shape index (κ1) is 12.9. The number of halogens is 1. The van der Waals surface area contributed by atoms with Crippen LogP contribution < -0.4 is 5.09 Å². The van der Waals surface area contributed by atoms with Crippen molar-refractivity contribution in [2.24, 2.45) is 0 Å². The largest absolute Gasteiger partial charge is 0.298 e. The molecular formula is C8H19ClN3PS. The first-order valence-electron chi connectivity index (χ1n) is 4.94. The molecule has 14 heavy (non-hydrogen) atoms. The van der Waals surface area contributed by atoms with Gasteiger partial charge in [-0.05, 0) is 38.9 Å². The fourth-order valence-electron chi connectivity index (χ4n) is 1.40. The molecule has 3 nitrogen and oxygen atoms in total. The summed E-state index contributed by atoms with van der Waals surface area (Å²) in [7, 11) is 3.85. The number of rotatable bonds is 6. The van der Waals surface area contributed by atoms with E-state index in [-0.39, 0.29) is 0 Å². The van der Waals surface area contributed by atoms with Gasteiger partial charge in [-0.25, -0.2) is 0 Å². The topological polar surface area (TPSA) is 18.3 Å². The average molecular weight is 256 g/mol. The van der Waals surface area contributed by atoms with Crippen LogP contribution in [0.3, 0.4) is 0 Å². The van der Waals surface area contributed by atoms with Crippen molar-refractivity contribution in [1.29, 1.82) is 0 Å². The summed E-state index contributed by atoms with van der Waals surface area (Å²) >= 11 is 11.4. The molecule has 84 valence electrons. The highest BCUT2D eigenvalue weighted by Crippen LogP contribution is 2.48. The van der Waals surface area contributed by atoms with Crippen molar-refractivity contribution in [3.05, 3.63) is 0 Å². The van der Waals surface area contributed by atoms with E-state index in [1.807, 2.05) is 18.8 Å². The number of hydrogen-bond acceptors (Lipinski definition) is 2. The Bertz CT molecular complexity index is 237. The van der Waals surface area contributed by atoms with Gasteiger partial charge < -0.3 is 0 Å². The van der Waals surface area contributed by atoms with Crippen LogP contribution in [0.2, 0.25) is 0 Å². The molecule has 0 amide bonds. The van der Waals surface area contributed by atoms with E-state index < -0.39 is 5.69 Å². The lowest BCUT2D eigenvalue weighted by Crippen LogP contribution is -2.20. The van der Waals surface area contributed by atoms with Crippen molar-refractivity contribution in [1.82, 2.24) is 14.7 Å². The van der Waals surface area contributed by atoms with Crippen LogP contribution in [-0.4, -0.2) is 49.3 Å². The smallest absolute Gasteiger partial charge is 0.161 e. The summed E-state index contributed by atoms with van der Waals surface area (Å²) in [6.07, 6.45) is 1.16. The van der Waals surface area contributed by atoms with Gasteiger partial charge in [0.2, 0.25) is 0 Å². The van der Waals surface area contributed by atoms with E-state index in [4.69, 9.17) is 23.0 Å². The van der Waals surface area contributed by atoms with Gasteiger partial charge >= 0.3 is 0 Å². The van der Waals surface area contributed by atoms with Crippen LogP contribution in [0.15, 0.2) is 0 Å². The Labute approximate surface area is 96.7 Å². The molecule has 1 N–H and O–H groups in total. The molecule has 1 aliphatic rings. The Morgan fingerprint density at radius 1 is 1.64 bits per heavy atom. The van der Waals surface area contributed by atoms with E-state index in [9.17, 15) is 0 Å². The summed E-state index contributed by atoms with van der Waals surface area (Å²) < 4.78 is 1.91. The normalized spacial score (nSPS) is 30.4. The number of nitrogens with one attached hydrogen (secondary N) is 1. The summed E-state index contributed by atoms with van der Waals surface area (Å²) in [5.74, 6) is 0. The SMILES string of the molecule is CCN1CC1CCNP(=S)(Cl)N(C)C. The maximum atomic E-state index is 6.17. The Morgan fingerprint density at radius 2 is 2.29 bits per heavy atom. The number of nitrogens with zero attached hydrogens (tertiary/aromatic N) is 2. The van der Waals surface area contributed by atoms with E-state index in [1.165, 1.54) is 6.54 Å². The highest BCUT2D eigenvalue weighted by molar-refractivity contribution is 8.24. The molecular weight excluding hydrogens is 237 g/mol. The third-order valence-electron chi connectivity index (χ3n) is 2.53. The lowest BCUT2D eigenvalue weighted by molar-refractivity contribution is 0.516. The second kappa shape index (κ2) is 5.24. The highest BCUT2D eigenvalue weighted by atomic mass is 35.7. The van der Waals surface area contributed by atoms with E-state index in [0.717, 1.165) is 25.6 Å². The summed E-state index contributed by atoms with van der Waals surface area (Å²) in [6, 6.07) is 0.765. The van der Waals surface area contributed by atoms with Gasteiger partial charge in [-0.3, -0.25) is 14.7 Å². The van der Waals surface area contributed by atoms with E-state index in [1.54, 1.807) is 0 Å². The molecule has 1 saturated heterocycles. The first-order valence-corrected chi connectivity index (χ1v) is 8.60. The van der Waals surface area contributed by atoms with Crippen LogP contribution in [0.5, 0.6) is 0 Å². The van der Waals surface area contributed by atoms with E-state index >= 15 is 0 Å². The van der Waals surface area contributed by atoms with Crippen molar-refractivity contribution < 1.29 is 0 Å². The highest BCUT2D eigenvalue weighted by Gasteiger charge is 2.31. The standard InChI is InChI=1S/C8H19ClN3PS/c1-4-12-7-8(12)5-6-10-13(9,14)11(2)3/h8H,4-7H2,1-3H3,(H,10,14). The molecule has 0 aliphatic carbocycles. The average Bonchev–Trinajstić information content (AvgIpc) is 2.83. The first-order chi connectivity index (χ1) is 6.47. The predicted molar refractivity (Wildman–Crippen MR) is 67.5 cm³/mol. The van der Waals surface area contributed by atoms with Gasteiger partial charge in [-0.15, -0.1) is 0 Å². The molecule has 0 saturated carbocycles. The molecule has 0 aromatic heterocycles. The molecule has 1 fully saturated rings. The van der Waals surface area contributed by atoms with Crippen LogP contribution in [0.1, 0.15) is 13.3 Å².